The maximum Gasteiger partial charge on any atom is 0.236 e. The van der Waals surface area contributed by atoms with Crippen LogP contribution in [0.25, 0.3) is 0 Å². The topological polar surface area (TPSA) is 54.5 Å². The number of halogens is 2. The zero-order valence-corrected chi connectivity index (χ0v) is 13.5. The Labute approximate surface area is 136 Å². The van der Waals surface area contributed by atoms with Gasteiger partial charge >= 0.3 is 0 Å². The van der Waals surface area contributed by atoms with Gasteiger partial charge in [-0.2, -0.15) is 0 Å². The van der Waals surface area contributed by atoms with E-state index in [1.807, 2.05) is 0 Å². The van der Waals surface area contributed by atoms with Gasteiger partial charge in [0, 0.05) is 6.42 Å². The molecule has 1 saturated carbocycles. The number of hydrogen-bond donors (Lipinski definition) is 0. The first-order valence-corrected chi connectivity index (χ1v) is 8.33. The first-order chi connectivity index (χ1) is 9.93. The normalized spacial score (nSPS) is 20.8. The molecule has 1 aliphatic heterocycles. The van der Waals surface area contributed by atoms with Crippen molar-refractivity contribution in [2.75, 3.05) is 6.54 Å². The molecule has 112 valence electrons. The van der Waals surface area contributed by atoms with E-state index >= 15 is 0 Å². The maximum atomic E-state index is 12.5. The molecule has 2 aliphatic rings. The largest absolute Gasteiger partial charge is 0.292 e. The van der Waals surface area contributed by atoms with Gasteiger partial charge in [0.2, 0.25) is 11.8 Å². The standard InChI is InChI=1S/C14H13Cl2NO3S/c15-10-5-8(12(16)21-10)9(18)7-17-11(19)6-14(13(17)20)3-1-2-4-14/h5H,1-4,6-7H2. The minimum Gasteiger partial charge on any atom is -0.292 e. The van der Waals surface area contributed by atoms with Crippen molar-refractivity contribution in [3.8, 4) is 0 Å². The molecule has 0 bridgehead atoms. The minimum atomic E-state index is -0.548. The van der Waals surface area contributed by atoms with Crippen molar-refractivity contribution in [3.63, 3.8) is 0 Å². The third-order valence-corrected chi connectivity index (χ3v) is 5.80. The van der Waals surface area contributed by atoms with E-state index < -0.39 is 5.41 Å². The molecular weight excluding hydrogens is 333 g/mol. The molecule has 0 aromatic carbocycles. The number of hydrogen-bond acceptors (Lipinski definition) is 4. The van der Waals surface area contributed by atoms with Gasteiger partial charge in [0.15, 0.2) is 5.78 Å². The van der Waals surface area contributed by atoms with Crippen LogP contribution >= 0.6 is 34.5 Å². The monoisotopic (exact) mass is 345 g/mol. The van der Waals surface area contributed by atoms with Gasteiger partial charge < -0.3 is 0 Å². The second kappa shape index (κ2) is 5.38. The highest BCUT2D eigenvalue weighted by Gasteiger charge is 2.52. The Kier molecular flexibility index (Phi) is 3.84. The number of amides is 2. The number of thiophene rings is 1. The summed E-state index contributed by atoms with van der Waals surface area (Å²) in [5, 5.41) is 0. The molecule has 2 fully saturated rings. The van der Waals surface area contributed by atoms with E-state index in [2.05, 4.69) is 0 Å². The predicted octanol–water partition coefficient (Wildman–Crippen LogP) is 3.56. The maximum absolute atomic E-state index is 12.5. The number of ketones is 1. The molecular formula is C14H13Cl2NO3S. The van der Waals surface area contributed by atoms with Crippen molar-refractivity contribution < 1.29 is 14.4 Å². The van der Waals surface area contributed by atoms with Crippen molar-refractivity contribution in [2.24, 2.45) is 5.41 Å². The van der Waals surface area contributed by atoms with E-state index in [1.165, 1.54) is 6.07 Å². The fraction of sp³-hybridized carbons (Fsp3) is 0.500. The van der Waals surface area contributed by atoms with Gasteiger partial charge in [0.05, 0.1) is 21.9 Å². The fourth-order valence-electron chi connectivity index (χ4n) is 3.22. The first-order valence-electron chi connectivity index (χ1n) is 6.76. The van der Waals surface area contributed by atoms with Gasteiger partial charge in [-0.25, -0.2) is 0 Å². The van der Waals surface area contributed by atoms with Gasteiger partial charge in [-0.15, -0.1) is 11.3 Å². The second-order valence-corrected chi connectivity index (χ2v) is 7.90. The molecule has 2 amide bonds. The molecule has 1 saturated heterocycles. The second-order valence-electron chi connectivity index (χ2n) is 5.61. The Morgan fingerprint density at radius 1 is 1.29 bits per heavy atom. The number of likely N-dealkylation sites (tertiary alicyclic amines) is 1. The molecule has 0 unspecified atom stereocenters. The highest BCUT2D eigenvalue weighted by molar-refractivity contribution is 7.20. The Morgan fingerprint density at radius 3 is 2.52 bits per heavy atom. The van der Waals surface area contributed by atoms with Crippen LogP contribution in [0, 0.1) is 5.41 Å². The van der Waals surface area contributed by atoms with Crippen molar-refractivity contribution in [1.29, 1.82) is 0 Å². The lowest BCUT2D eigenvalue weighted by atomic mass is 9.84. The Balaban J connectivity index is 1.79. The minimum absolute atomic E-state index is 0.198. The van der Waals surface area contributed by atoms with Gasteiger partial charge in [0.1, 0.15) is 4.34 Å². The molecule has 3 rings (SSSR count). The van der Waals surface area contributed by atoms with Crippen LogP contribution in [0.15, 0.2) is 6.07 Å². The van der Waals surface area contributed by atoms with Crippen molar-refractivity contribution in [2.45, 2.75) is 32.1 Å². The number of Topliss-reactive ketones (excluding diaryl/α,β-unsaturated/α-hetero) is 1. The van der Waals surface area contributed by atoms with Crippen LogP contribution in [0.1, 0.15) is 42.5 Å². The lowest BCUT2D eigenvalue weighted by Gasteiger charge is -2.20. The van der Waals surface area contributed by atoms with Crippen molar-refractivity contribution in [3.05, 3.63) is 20.3 Å². The number of carbonyl (C=O) groups excluding carboxylic acids is 3. The summed E-state index contributed by atoms with van der Waals surface area (Å²) in [6.07, 6.45) is 3.65. The van der Waals surface area contributed by atoms with E-state index in [0.717, 1.165) is 41.9 Å². The lowest BCUT2D eigenvalue weighted by molar-refractivity contribution is -0.140. The molecule has 0 N–H and O–H groups in total. The van der Waals surface area contributed by atoms with Crippen LogP contribution in [-0.2, 0) is 9.59 Å². The van der Waals surface area contributed by atoms with E-state index in [9.17, 15) is 14.4 Å². The number of rotatable bonds is 3. The Morgan fingerprint density at radius 2 is 1.95 bits per heavy atom. The summed E-state index contributed by atoms with van der Waals surface area (Å²) >= 11 is 12.9. The van der Waals surface area contributed by atoms with Gasteiger partial charge in [-0.1, -0.05) is 36.0 Å². The zero-order valence-electron chi connectivity index (χ0n) is 11.2. The highest BCUT2D eigenvalue weighted by atomic mass is 35.5. The molecule has 0 radical (unpaired) electrons. The third kappa shape index (κ3) is 2.51. The van der Waals surface area contributed by atoms with Crippen LogP contribution in [0.4, 0.5) is 0 Å². The predicted molar refractivity (Wildman–Crippen MR) is 80.9 cm³/mol. The molecule has 21 heavy (non-hydrogen) atoms. The van der Waals surface area contributed by atoms with Gasteiger partial charge in [0.25, 0.3) is 0 Å². The van der Waals surface area contributed by atoms with Crippen LogP contribution in [0.2, 0.25) is 8.67 Å². The van der Waals surface area contributed by atoms with Crippen molar-refractivity contribution in [1.82, 2.24) is 4.90 Å². The molecule has 1 aromatic rings. The lowest BCUT2D eigenvalue weighted by Crippen LogP contribution is -2.38. The fourth-order valence-corrected chi connectivity index (χ4v) is 4.72. The molecule has 4 nitrogen and oxygen atoms in total. The number of imide groups is 1. The Bertz CT molecular complexity index is 634. The quantitative estimate of drug-likeness (QED) is 0.621. The molecule has 1 aromatic heterocycles. The average molecular weight is 346 g/mol. The van der Waals surface area contributed by atoms with Crippen molar-refractivity contribution >= 4 is 52.1 Å². The number of nitrogens with zero attached hydrogens (tertiary/aromatic N) is 1. The molecule has 2 heterocycles. The van der Waals surface area contributed by atoms with E-state index in [-0.39, 0.29) is 36.1 Å². The zero-order chi connectivity index (χ0) is 15.2. The van der Waals surface area contributed by atoms with Crippen LogP contribution in [0.3, 0.4) is 0 Å². The number of carbonyl (C=O) groups is 3. The van der Waals surface area contributed by atoms with Gasteiger partial charge in [-0.05, 0) is 18.9 Å². The van der Waals surface area contributed by atoms with E-state index in [1.54, 1.807) is 0 Å². The summed E-state index contributed by atoms with van der Waals surface area (Å²) in [6, 6.07) is 1.48. The molecule has 1 spiro atoms. The third-order valence-electron chi connectivity index (χ3n) is 4.31. The molecule has 7 heteroatoms. The summed E-state index contributed by atoms with van der Waals surface area (Å²) in [5.74, 6) is -0.802. The van der Waals surface area contributed by atoms with Crippen LogP contribution in [-0.4, -0.2) is 29.0 Å². The van der Waals surface area contributed by atoms with Crippen LogP contribution < -0.4 is 0 Å². The summed E-state index contributed by atoms with van der Waals surface area (Å²) in [5.41, 5.74) is -0.271. The summed E-state index contributed by atoms with van der Waals surface area (Å²) in [4.78, 5) is 37.9. The highest BCUT2D eigenvalue weighted by Crippen LogP contribution is 2.46. The SMILES string of the molecule is O=C(CN1C(=O)CC2(CCCC2)C1=O)c1cc(Cl)sc1Cl. The van der Waals surface area contributed by atoms with Crippen LogP contribution in [0.5, 0.6) is 0 Å². The molecule has 1 aliphatic carbocycles. The summed E-state index contributed by atoms with van der Waals surface area (Å²) in [6.45, 7) is -0.244. The summed E-state index contributed by atoms with van der Waals surface area (Å²) in [7, 11) is 0. The first kappa shape index (κ1) is 15.0. The molecule has 0 atom stereocenters. The van der Waals surface area contributed by atoms with E-state index in [4.69, 9.17) is 23.2 Å². The average Bonchev–Trinajstić information content (AvgIpc) is 3.07. The van der Waals surface area contributed by atoms with Gasteiger partial charge in [-0.3, -0.25) is 19.3 Å². The Hall–Kier alpha value is -0.910. The smallest absolute Gasteiger partial charge is 0.236 e. The summed E-state index contributed by atoms with van der Waals surface area (Å²) < 4.78 is 0.703. The van der Waals surface area contributed by atoms with E-state index in [0.29, 0.717) is 8.67 Å².